The van der Waals surface area contributed by atoms with E-state index in [2.05, 4.69) is 53.0 Å². The third-order valence-electron chi connectivity index (χ3n) is 3.35. The summed E-state index contributed by atoms with van der Waals surface area (Å²) in [5, 5.41) is 2.04. The summed E-state index contributed by atoms with van der Waals surface area (Å²) >= 11 is 0. The average molecular weight is 200 g/mol. The molecule has 13 heavy (non-hydrogen) atoms. The molecule has 0 N–H and O–H groups in total. The minimum atomic E-state index is -1.92. The summed E-state index contributed by atoms with van der Waals surface area (Å²) in [5.41, 5.74) is 0. The van der Waals surface area contributed by atoms with Crippen molar-refractivity contribution in [1.29, 1.82) is 0 Å². The molecule has 0 radical (unpaired) electrons. The van der Waals surface area contributed by atoms with Crippen LogP contribution in [-0.2, 0) is 0 Å². The first-order valence-corrected chi connectivity index (χ1v) is 7.35. The van der Waals surface area contributed by atoms with Gasteiger partial charge in [-0.05, 0) is 22.3 Å². The maximum Gasteiger partial charge on any atom is -0.00542 e. The van der Waals surface area contributed by atoms with Crippen molar-refractivity contribution < 1.29 is 0 Å². The van der Waals surface area contributed by atoms with Gasteiger partial charge >= 0.3 is 0 Å². The molecule has 0 heterocycles. The molecule has 0 aliphatic rings. The summed E-state index contributed by atoms with van der Waals surface area (Å²) in [6, 6.07) is 0. The maximum atomic E-state index is 4.45. The Kier molecular flexibility index (Phi) is 3.05. The highest BCUT2D eigenvalue weighted by Gasteiger charge is 2.36. The van der Waals surface area contributed by atoms with E-state index in [0.29, 0.717) is 0 Å². The van der Waals surface area contributed by atoms with E-state index in [1.54, 1.807) is 0 Å². The number of rotatable bonds is 3. The molecule has 0 fully saturated rings. The summed E-state index contributed by atoms with van der Waals surface area (Å²) in [6.45, 7) is 17.0. The van der Waals surface area contributed by atoms with Crippen LogP contribution in [0.2, 0.25) is 0 Å². The van der Waals surface area contributed by atoms with Crippen LogP contribution >= 0.6 is 8.75 Å². The van der Waals surface area contributed by atoms with E-state index < -0.39 is 8.75 Å². The van der Waals surface area contributed by atoms with Crippen molar-refractivity contribution in [2.24, 2.45) is 0 Å². The SMILES string of the molecule is C=CS(=C)(C)(C(=C)CC)C(C)(C)C. The van der Waals surface area contributed by atoms with E-state index in [9.17, 15) is 0 Å². The first-order valence-electron chi connectivity index (χ1n) is 4.66. The zero-order valence-electron chi connectivity index (χ0n) is 9.81. The van der Waals surface area contributed by atoms with E-state index in [1.165, 1.54) is 4.91 Å². The van der Waals surface area contributed by atoms with E-state index in [-0.39, 0.29) is 4.75 Å². The minimum absolute atomic E-state index is 0.145. The van der Waals surface area contributed by atoms with Gasteiger partial charge in [-0.3, -0.25) is 0 Å². The Balaban J connectivity index is 5.64. The van der Waals surface area contributed by atoms with Crippen molar-refractivity contribution in [3.8, 4) is 0 Å². The van der Waals surface area contributed by atoms with E-state index in [4.69, 9.17) is 0 Å². The number of hydrogen-bond donors (Lipinski definition) is 0. The van der Waals surface area contributed by atoms with E-state index >= 15 is 0 Å². The summed E-state index contributed by atoms with van der Waals surface area (Å²) in [7, 11) is -1.92. The van der Waals surface area contributed by atoms with Gasteiger partial charge in [-0.2, -0.15) is 0 Å². The fourth-order valence-electron chi connectivity index (χ4n) is 1.20. The smallest absolute Gasteiger partial charge is 0.00542 e. The highest BCUT2D eigenvalue weighted by atomic mass is 32.3. The van der Waals surface area contributed by atoms with Crippen LogP contribution in [0.5, 0.6) is 0 Å². The maximum absolute atomic E-state index is 4.45. The monoisotopic (exact) mass is 200 g/mol. The predicted octanol–water partition coefficient (Wildman–Crippen LogP) is 4.25. The standard InChI is InChI=1S/C12H24S/c1-9-11(3)13(7,8,10-2)12(4,5)6/h10H,2-3,7,9H2,1,4-6,8H3. The quantitative estimate of drug-likeness (QED) is 0.597. The summed E-state index contributed by atoms with van der Waals surface area (Å²) in [5.74, 6) is 4.45. The molecule has 0 nitrogen and oxygen atoms in total. The third-order valence-corrected chi connectivity index (χ3v) is 9.56. The van der Waals surface area contributed by atoms with Gasteiger partial charge in [0.05, 0.1) is 0 Å². The molecule has 0 spiro atoms. The van der Waals surface area contributed by atoms with Gasteiger partial charge in [0.25, 0.3) is 0 Å². The van der Waals surface area contributed by atoms with Gasteiger partial charge in [0.15, 0.2) is 0 Å². The second-order valence-corrected chi connectivity index (χ2v) is 10.5. The highest BCUT2D eigenvalue weighted by Crippen LogP contribution is 2.70. The second kappa shape index (κ2) is 3.13. The van der Waals surface area contributed by atoms with Crippen molar-refractivity contribution in [2.45, 2.75) is 38.9 Å². The normalized spacial score (nSPS) is 15.9. The highest BCUT2D eigenvalue weighted by molar-refractivity contribution is 8.51. The topological polar surface area (TPSA) is 0 Å². The molecule has 0 bridgehead atoms. The Labute approximate surface area is 83.6 Å². The average Bonchev–Trinajstić information content (AvgIpc) is 2.01. The van der Waals surface area contributed by atoms with Crippen LogP contribution in [-0.4, -0.2) is 16.9 Å². The van der Waals surface area contributed by atoms with Crippen LogP contribution in [0.1, 0.15) is 34.1 Å². The first kappa shape index (κ1) is 12.7. The van der Waals surface area contributed by atoms with Crippen LogP contribution in [0.15, 0.2) is 23.5 Å². The predicted molar refractivity (Wildman–Crippen MR) is 70.0 cm³/mol. The van der Waals surface area contributed by atoms with Crippen molar-refractivity contribution in [3.63, 3.8) is 0 Å². The summed E-state index contributed by atoms with van der Waals surface area (Å²) in [4.78, 5) is 1.25. The fourth-order valence-corrected chi connectivity index (χ4v) is 3.61. The molecule has 0 rings (SSSR count). The Morgan fingerprint density at radius 2 is 1.77 bits per heavy atom. The lowest BCUT2D eigenvalue weighted by Crippen LogP contribution is -2.28. The van der Waals surface area contributed by atoms with Crippen LogP contribution in [0.25, 0.3) is 0 Å². The molecule has 0 atom stereocenters. The van der Waals surface area contributed by atoms with Crippen molar-refractivity contribution in [1.82, 2.24) is 0 Å². The van der Waals surface area contributed by atoms with Crippen LogP contribution < -0.4 is 0 Å². The zero-order valence-corrected chi connectivity index (χ0v) is 10.6. The van der Waals surface area contributed by atoms with Crippen molar-refractivity contribution in [3.05, 3.63) is 23.5 Å². The van der Waals surface area contributed by atoms with Crippen molar-refractivity contribution in [2.75, 3.05) is 6.26 Å². The van der Waals surface area contributed by atoms with E-state index in [1.807, 2.05) is 5.41 Å². The van der Waals surface area contributed by atoms with Gasteiger partial charge in [0.2, 0.25) is 0 Å². The molecule has 0 unspecified atom stereocenters. The molecule has 0 saturated heterocycles. The lowest BCUT2D eigenvalue weighted by molar-refractivity contribution is 0.789. The Morgan fingerprint density at radius 1 is 1.38 bits per heavy atom. The Bertz CT molecular complexity index is 289. The molecule has 0 amide bonds. The van der Waals surface area contributed by atoms with Crippen molar-refractivity contribution >= 4 is 14.6 Å². The zero-order chi connectivity index (χ0) is 10.9. The summed E-state index contributed by atoms with van der Waals surface area (Å²) < 4.78 is 0.145. The Morgan fingerprint density at radius 3 is 1.85 bits per heavy atom. The molecule has 0 aliphatic carbocycles. The van der Waals surface area contributed by atoms with Gasteiger partial charge in [-0.15, -0.1) is 0 Å². The molecule has 0 aromatic rings. The first-order chi connectivity index (χ1) is 5.59. The molecule has 0 saturated carbocycles. The number of allylic oxidation sites excluding steroid dienone is 1. The lowest BCUT2D eigenvalue weighted by atomic mass is 10.3. The van der Waals surface area contributed by atoms with E-state index in [0.717, 1.165) is 6.42 Å². The second-order valence-electron chi connectivity index (χ2n) is 4.90. The lowest BCUT2D eigenvalue weighted by Gasteiger charge is -2.54. The van der Waals surface area contributed by atoms with Gasteiger partial charge < -0.3 is 0 Å². The van der Waals surface area contributed by atoms with Crippen LogP contribution in [0.3, 0.4) is 0 Å². The van der Waals surface area contributed by atoms with Crippen LogP contribution in [0.4, 0.5) is 0 Å². The summed E-state index contributed by atoms with van der Waals surface area (Å²) in [6.07, 6.45) is 3.22. The molecule has 0 aromatic heterocycles. The molecule has 78 valence electrons. The minimum Gasteiger partial charge on any atom is -0.212 e. The number of hydrogen-bond acceptors (Lipinski definition) is 0. The van der Waals surface area contributed by atoms with Gasteiger partial charge in [-0.1, -0.05) is 52.1 Å². The third kappa shape index (κ3) is 1.67. The Hall–Kier alpha value is -0.300. The van der Waals surface area contributed by atoms with Gasteiger partial charge in [-0.25, -0.2) is 8.75 Å². The molecular weight excluding hydrogens is 176 g/mol. The molecular formula is C12H24S. The largest absolute Gasteiger partial charge is 0.212 e. The fraction of sp³-hybridized carbons (Fsp3) is 0.583. The van der Waals surface area contributed by atoms with Gasteiger partial charge in [0.1, 0.15) is 0 Å². The van der Waals surface area contributed by atoms with Gasteiger partial charge in [0, 0.05) is 0 Å². The van der Waals surface area contributed by atoms with Crippen LogP contribution in [0, 0.1) is 0 Å². The molecule has 0 aliphatic heterocycles. The molecule has 0 aromatic carbocycles. The molecule has 1 heteroatoms.